The monoisotopic (exact) mass is 587 g/mol. The summed E-state index contributed by atoms with van der Waals surface area (Å²) in [6, 6.07) is -1.92. The van der Waals surface area contributed by atoms with Gasteiger partial charge in [0.1, 0.15) is 30.5 Å². The fourth-order valence-corrected chi connectivity index (χ4v) is 5.43. The van der Waals surface area contributed by atoms with Gasteiger partial charge >= 0.3 is 11.9 Å². The van der Waals surface area contributed by atoms with E-state index in [4.69, 9.17) is 36.5 Å². The molecule has 3 rings (SSSR count). The molecule has 0 saturated carbocycles. The van der Waals surface area contributed by atoms with Crippen LogP contribution in [0, 0.1) is 19.4 Å². The molecule has 40 heavy (non-hydrogen) atoms. The zero-order chi connectivity index (χ0) is 29.6. The number of aliphatic hydroxyl groups is 3. The third-order valence-corrected chi connectivity index (χ3v) is 7.90. The lowest BCUT2D eigenvalue weighted by atomic mass is 9.90. The molecular formula is C26H38ClN3O10. The van der Waals surface area contributed by atoms with Crippen LogP contribution >= 0.6 is 11.6 Å². The van der Waals surface area contributed by atoms with E-state index in [9.17, 15) is 29.7 Å². The first-order valence-electron chi connectivity index (χ1n) is 13.4. The maximum absolute atomic E-state index is 13.7. The number of ether oxygens (including phenoxy) is 2. The van der Waals surface area contributed by atoms with E-state index in [1.54, 1.807) is 6.92 Å². The van der Waals surface area contributed by atoms with Crippen molar-refractivity contribution in [2.45, 2.75) is 107 Å². The van der Waals surface area contributed by atoms with Crippen LogP contribution in [0.4, 0.5) is 4.79 Å². The van der Waals surface area contributed by atoms with E-state index >= 15 is 0 Å². The number of rotatable bonds is 9. The van der Waals surface area contributed by atoms with Crippen molar-refractivity contribution in [3.05, 3.63) is 33.6 Å². The summed E-state index contributed by atoms with van der Waals surface area (Å²) in [7, 11) is 0. The molecule has 224 valence electrons. The van der Waals surface area contributed by atoms with E-state index in [2.05, 4.69) is 10.2 Å². The Labute approximate surface area is 237 Å². The molecule has 3 heterocycles. The minimum atomic E-state index is -1.52. The lowest BCUT2D eigenvalue weighted by molar-refractivity contribution is -0.223. The summed E-state index contributed by atoms with van der Waals surface area (Å²) in [4.78, 5) is 42.9. The fraction of sp³-hybridized carbons (Fsp3) is 0.769. The first-order valence-corrected chi connectivity index (χ1v) is 13.9. The molecule has 2 saturated heterocycles. The van der Waals surface area contributed by atoms with Crippen molar-refractivity contribution in [2.24, 2.45) is 5.92 Å². The molecule has 0 bridgehead atoms. The molecule has 14 heteroatoms. The van der Waals surface area contributed by atoms with Crippen LogP contribution in [0.1, 0.15) is 57.5 Å². The Morgan fingerprint density at radius 2 is 1.93 bits per heavy atom. The Morgan fingerprint density at radius 1 is 1.20 bits per heavy atom. The normalized spacial score (nSPS) is 30.6. The topological polar surface area (TPSA) is 176 Å². The molecular weight excluding hydrogens is 550 g/mol. The van der Waals surface area contributed by atoms with E-state index in [0.717, 1.165) is 6.42 Å². The van der Waals surface area contributed by atoms with Crippen molar-refractivity contribution >= 4 is 23.6 Å². The number of hydrogen-bond acceptors (Lipinski definition) is 10. The second-order valence-corrected chi connectivity index (χ2v) is 11.1. The predicted molar refractivity (Wildman–Crippen MR) is 140 cm³/mol. The molecule has 0 aromatic carbocycles. The van der Waals surface area contributed by atoms with Crippen LogP contribution in [0.5, 0.6) is 0 Å². The number of carbonyl (C=O) groups excluding carboxylic acids is 2. The largest absolute Gasteiger partial charge is 0.519 e. The standard InChI is InChI=1S/C26H38ClN3O10/c1-13(27)19(23-22(33)21(32)20(31)15(3)38-23)29-24(34)17-8-7-16(6-5-10-28-4)9-11-30(17)25(35)37-12-18-14(2)39-26(36)40-18/h13,15-17,19-23,31-33H,5-12H2,1-3H3,(H,29,34)/t13-,15+,16-,17-,19+,20-,21+,22+,23+/m0/s1. The van der Waals surface area contributed by atoms with Gasteiger partial charge < -0.3 is 43.8 Å². The van der Waals surface area contributed by atoms with Gasteiger partial charge in [0.2, 0.25) is 12.5 Å². The van der Waals surface area contributed by atoms with Crippen LogP contribution < -0.4 is 11.1 Å². The Morgan fingerprint density at radius 3 is 2.55 bits per heavy atom. The Kier molecular flexibility index (Phi) is 11.4. The molecule has 1 aromatic rings. The number of carbonyl (C=O) groups is 2. The summed E-state index contributed by atoms with van der Waals surface area (Å²) in [5.74, 6) is -1.05. The summed E-state index contributed by atoms with van der Waals surface area (Å²) >= 11 is 6.39. The molecule has 9 atom stereocenters. The lowest BCUT2D eigenvalue weighted by Crippen LogP contribution is -2.65. The molecule has 0 unspecified atom stereocenters. The Bertz CT molecular complexity index is 1100. The summed E-state index contributed by atoms with van der Waals surface area (Å²) in [5.41, 5.74) is 0. The van der Waals surface area contributed by atoms with Gasteiger partial charge in [-0.05, 0) is 52.4 Å². The number of hydrogen-bond donors (Lipinski definition) is 4. The second kappa shape index (κ2) is 14.3. The van der Waals surface area contributed by atoms with E-state index < -0.39 is 65.8 Å². The number of aryl methyl sites for hydroxylation is 1. The first kappa shape index (κ1) is 31.9. The highest BCUT2D eigenvalue weighted by atomic mass is 35.5. The molecule has 13 nitrogen and oxygen atoms in total. The van der Waals surface area contributed by atoms with Gasteiger partial charge in [-0.1, -0.05) is 0 Å². The third kappa shape index (κ3) is 7.76. The summed E-state index contributed by atoms with van der Waals surface area (Å²) in [5, 5.41) is 33.0. The SMILES string of the molecule is [C-]#[N+]CCC[C@H]1CC[C@@H](C(=O)N[C@@H]([C@H]2O[C@H](C)[C@H](O)[C@@H](O)[C@H]2O)[C@H](C)Cl)N(C(=O)OCc2oc(=O)oc2C)CC1. The smallest absolute Gasteiger partial charge is 0.441 e. The van der Waals surface area contributed by atoms with Gasteiger partial charge in [0.25, 0.3) is 0 Å². The van der Waals surface area contributed by atoms with Crippen LogP contribution in [0.15, 0.2) is 13.6 Å². The molecule has 0 aliphatic carbocycles. The van der Waals surface area contributed by atoms with Crippen LogP contribution in [0.2, 0.25) is 0 Å². The van der Waals surface area contributed by atoms with Gasteiger partial charge in [0.15, 0.2) is 18.1 Å². The first-order chi connectivity index (χ1) is 18.9. The Hall–Kier alpha value is -2.63. The van der Waals surface area contributed by atoms with Crippen LogP contribution in [0.3, 0.4) is 0 Å². The van der Waals surface area contributed by atoms with Gasteiger partial charge in [-0.25, -0.2) is 16.2 Å². The van der Waals surface area contributed by atoms with Gasteiger partial charge in [0, 0.05) is 13.0 Å². The molecule has 0 radical (unpaired) electrons. The predicted octanol–water partition coefficient (Wildman–Crippen LogP) is 1.33. The van der Waals surface area contributed by atoms with Crippen molar-refractivity contribution in [1.82, 2.24) is 10.2 Å². The second-order valence-electron chi connectivity index (χ2n) is 10.4. The summed E-state index contributed by atoms with van der Waals surface area (Å²) < 4.78 is 20.8. The minimum absolute atomic E-state index is 0.0560. The molecule has 1 aromatic heterocycles. The number of alkyl halides is 1. The molecule has 2 aliphatic heterocycles. The minimum Gasteiger partial charge on any atom is -0.441 e. The molecule has 2 fully saturated rings. The maximum atomic E-state index is 13.7. The molecule has 2 amide bonds. The third-order valence-electron chi connectivity index (χ3n) is 7.63. The van der Waals surface area contributed by atoms with Crippen molar-refractivity contribution < 1.29 is 43.2 Å². The van der Waals surface area contributed by atoms with Gasteiger partial charge in [0.05, 0.1) is 17.5 Å². The number of halogens is 1. The van der Waals surface area contributed by atoms with Crippen LogP contribution in [-0.2, 0) is 20.9 Å². The number of amides is 2. The van der Waals surface area contributed by atoms with E-state index in [0.29, 0.717) is 32.2 Å². The van der Waals surface area contributed by atoms with E-state index in [1.807, 2.05) is 0 Å². The highest BCUT2D eigenvalue weighted by Crippen LogP contribution is 2.29. The lowest BCUT2D eigenvalue weighted by Gasteiger charge is -2.43. The van der Waals surface area contributed by atoms with Gasteiger partial charge in [-0.3, -0.25) is 9.69 Å². The summed E-state index contributed by atoms with van der Waals surface area (Å²) in [6.07, 6.45) is -4.06. The Balaban J connectivity index is 1.78. The van der Waals surface area contributed by atoms with Crippen LogP contribution in [-0.4, -0.2) is 93.3 Å². The highest BCUT2D eigenvalue weighted by molar-refractivity contribution is 6.21. The average Bonchev–Trinajstić information content (AvgIpc) is 3.09. The highest BCUT2D eigenvalue weighted by Gasteiger charge is 2.47. The molecule has 2 aliphatic rings. The average molecular weight is 588 g/mol. The van der Waals surface area contributed by atoms with Crippen molar-refractivity contribution in [2.75, 3.05) is 13.1 Å². The quantitative estimate of drug-likeness (QED) is 0.187. The van der Waals surface area contributed by atoms with E-state index in [-0.39, 0.29) is 30.6 Å². The fourth-order valence-electron chi connectivity index (χ4n) is 5.23. The number of nitrogens with zero attached hydrogens (tertiary/aromatic N) is 2. The zero-order valence-electron chi connectivity index (χ0n) is 22.8. The number of nitrogens with one attached hydrogen (secondary N) is 1. The number of aliphatic hydroxyl groups excluding tert-OH is 3. The van der Waals surface area contributed by atoms with Crippen molar-refractivity contribution in [3.63, 3.8) is 0 Å². The van der Waals surface area contributed by atoms with Gasteiger partial charge in [-0.2, -0.15) is 0 Å². The van der Waals surface area contributed by atoms with Crippen molar-refractivity contribution in [1.29, 1.82) is 0 Å². The van der Waals surface area contributed by atoms with Gasteiger partial charge in [-0.15, -0.1) is 11.6 Å². The van der Waals surface area contributed by atoms with Crippen LogP contribution in [0.25, 0.3) is 4.85 Å². The maximum Gasteiger partial charge on any atom is 0.519 e. The molecule has 0 spiro atoms. The van der Waals surface area contributed by atoms with Crippen molar-refractivity contribution in [3.8, 4) is 0 Å². The number of likely N-dealkylation sites (tertiary alicyclic amines) is 1. The van der Waals surface area contributed by atoms with E-state index in [1.165, 1.54) is 18.7 Å². The summed E-state index contributed by atoms with van der Waals surface area (Å²) in [6.45, 7) is 11.9. The zero-order valence-corrected chi connectivity index (χ0v) is 23.6. The molecule has 4 N–H and O–H groups in total.